The molecule has 0 saturated heterocycles. The van der Waals surface area contributed by atoms with Crippen LogP contribution in [0.5, 0.6) is 5.75 Å². The number of sulfone groups is 1. The van der Waals surface area contributed by atoms with Crippen molar-refractivity contribution in [3.8, 4) is 17.0 Å². The third-order valence-corrected chi connectivity index (χ3v) is 5.31. The van der Waals surface area contributed by atoms with Crippen molar-refractivity contribution in [2.75, 3.05) is 6.26 Å². The highest BCUT2D eigenvalue weighted by Crippen LogP contribution is 2.38. The molecule has 2 aromatic rings. The Hall–Kier alpha value is -1.84. The van der Waals surface area contributed by atoms with Gasteiger partial charge in [0, 0.05) is 18.4 Å². The highest BCUT2D eigenvalue weighted by molar-refractivity contribution is 7.90. The number of carbonyl (C=O) groups is 1. The van der Waals surface area contributed by atoms with Crippen LogP contribution in [0.15, 0.2) is 17.2 Å². The topological polar surface area (TPSA) is 98.5 Å². The molecule has 1 aromatic carbocycles. The Morgan fingerprint density at radius 1 is 1.42 bits per heavy atom. The van der Waals surface area contributed by atoms with Crippen LogP contribution in [0.3, 0.4) is 0 Å². The van der Waals surface area contributed by atoms with Crippen LogP contribution in [0.4, 0.5) is 4.39 Å². The summed E-state index contributed by atoms with van der Waals surface area (Å²) in [4.78, 5) is 10.9. The zero-order valence-corrected chi connectivity index (χ0v) is 16.3. The summed E-state index contributed by atoms with van der Waals surface area (Å²) < 4.78 is 44.7. The number of benzene rings is 1. The monoisotopic (exact) mass is 424 g/mol. The fourth-order valence-electron chi connectivity index (χ4n) is 2.21. The second kappa shape index (κ2) is 7.42. The van der Waals surface area contributed by atoms with Crippen molar-refractivity contribution in [1.82, 2.24) is 9.78 Å². The second-order valence-electron chi connectivity index (χ2n) is 5.42. The van der Waals surface area contributed by atoms with Gasteiger partial charge in [0.15, 0.2) is 21.0 Å². The number of rotatable bonds is 6. The molecule has 1 aromatic heterocycles. The molecule has 0 aliphatic rings. The standard InChI is InChI=1S/C15H15Cl2FN2O5S/c1-4-20-14(26(3,23)24)12(17)13(19-20)8-5-11(9(16)6-10(8)18)25-7(2)15(21)22/h5-7H,4H2,1-3H3,(H,21,22). The first-order valence-corrected chi connectivity index (χ1v) is 9.97. The van der Waals surface area contributed by atoms with Crippen molar-refractivity contribution in [3.63, 3.8) is 0 Å². The largest absolute Gasteiger partial charge is 0.479 e. The number of aliphatic carboxylic acids is 1. The Morgan fingerprint density at radius 2 is 2.04 bits per heavy atom. The van der Waals surface area contributed by atoms with Gasteiger partial charge in [0.1, 0.15) is 22.3 Å². The average Bonchev–Trinajstić information content (AvgIpc) is 2.86. The third kappa shape index (κ3) is 3.94. The first kappa shape index (κ1) is 20.5. The Balaban J connectivity index is 2.66. The average molecular weight is 425 g/mol. The Labute approximate surface area is 159 Å². The molecule has 0 spiro atoms. The summed E-state index contributed by atoms with van der Waals surface area (Å²) in [5, 5.41) is 12.4. The fourth-order valence-corrected chi connectivity index (χ4v) is 4.03. The van der Waals surface area contributed by atoms with Gasteiger partial charge in [-0.2, -0.15) is 5.10 Å². The Bertz CT molecular complexity index is 975. The molecule has 1 atom stereocenters. The summed E-state index contributed by atoms with van der Waals surface area (Å²) in [6.07, 6.45) is -0.270. The second-order valence-corrected chi connectivity index (χ2v) is 8.13. The maximum Gasteiger partial charge on any atom is 0.344 e. The smallest absolute Gasteiger partial charge is 0.344 e. The van der Waals surface area contributed by atoms with Crippen molar-refractivity contribution < 1.29 is 27.4 Å². The number of carboxylic acids is 1. The van der Waals surface area contributed by atoms with Crippen LogP contribution in [-0.4, -0.2) is 41.6 Å². The van der Waals surface area contributed by atoms with Gasteiger partial charge in [0.25, 0.3) is 0 Å². The van der Waals surface area contributed by atoms with Crippen molar-refractivity contribution in [2.45, 2.75) is 31.5 Å². The van der Waals surface area contributed by atoms with Gasteiger partial charge in [-0.15, -0.1) is 0 Å². The number of aryl methyl sites for hydroxylation is 1. The quantitative estimate of drug-likeness (QED) is 0.763. The lowest BCUT2D eigenvalue weighted by atomic mass is 10.1. The van der Waals surface area contributed by atoms with E-state index in [-0.39, 0.29) is 38.6 Å². The molecule has 142 valence electrons. The van der Waals surface area contributed by atoms with E-state index in [9.17, 15) is 17.6 Å². The number of hydrogen-bond acceptors (Lipinski definition) is 5. The van der Waals surface area contributed by atoms with Gasteiger partial charge < -0.3 is 9.84 Å². The molecule has 1 heterocycles. The van der Waals surface area contributed by atoms with Gasteiger partial charge in [-0.1, -0.05) is 23.2 Å². The number of carboxylic acid groups (broad SMARTS) is 1. The van der Waals surface area contributed by atoms with Crippen LogP contribution >= 0.6 is 23.2 Å². The van der Waals surface area contributed by atoms with E-state index in [2.05, 4.69) is 5.10 Å². The molecule has 11 heteroatoms. The third-order valence-electron chi connectivity index (χ3n) is 3.43. The SMILES string of the molecule is CCn1nc(-c2cc(OC(C)C(=O)O)c(Cl)cc2F)c(Cl)c1S(C)(=O)=O. The molecule has 7 nitrogen and oxygen atoms in total. The van der Waals surface area contributed by atoms with Crippen molar-refractivity contribution in [2.24, 2.45) is 0 Å². The molecule has 26 heavy (non-hydrogen) atoms. The highest BCUT2D eigenvalue weighted by Gasteiger charge is 2.27. The lowest BCUT2D eigenvalue weighted by Crippen LogP contribution is -2.23. The van der Waals surface area contributed by atoms with E-state index in [0.29, 0.717) is 0 Å². The zero-order valence-electron chi connectivity index (χ0n) is 14.0. The summed E-state index contributed by atoms with van der Waals surface area (Å²) in [6.45, 7) is 3.13. The Kier molecular flexibility index (Phi) is 5.84. The number of halogens is 3. The normalized spacial score (nSPS) is 12.8. The number of nitrogens with zero attached hydrogens (tertiary/aromatic N) is 2. The molecule has 0 bridgehead atoms. The first-order valence-electron chi connectivity index (χ1n) is 7.32. The number of hydrogen-bond donors (Lipinski definition) is 1. The predicted octanol–water partition coefficient (Wildman–Crippen LogP) is 3.27. The zero-order chi connectivity index (χ0) is 19.8. The van der Waals surface area contributed by atoms with Crippen molar-refractivity contribution in [1.29, 1.82) is 0 Å². The van der Waals surface area contributed by atoms with Crippen LogP contribution in [0.25, 0.3) is 11.3 Å². The summed E-state index contributed by atoms with van der Waals surface area (Å²) >= 11 is 12.1. The summed E-state index contributed by atoms with van der Waals surface area (Å²) in [5.74, 6) is -2.14. The van der Waals surface area contributed by atoms with E-state index in [1.165, 1.54) is 6.92 Å². The molecule has 2 rings (SSSR count). The molecule has 0 aliphatic heterocycles. The lowest BCUT2D eigenvalue weighted by Gasteiger charge is -2.13. The van der Waals surface area contributed by atoms with Crippen LogP contribution in [0, 0.1) is 5.82 Å². The molecular weight excluding hydrogens is 410 g/mol. The molecule has 1 N–H and O–H groups in total. The maximum absolute atomic E-state index is 14.4. The van der Waals surface area contributed by atoms with E-state index in [4.69, 9.17) is 33.0 Å². The van der Waals surface area contributed by atoms with Gasteiger partial charge in [0.05, 0.1) is 5.02 Å². The lowest BCUT2D eigenvalue weighted by molar-refractivity contribution is -0.144. The minimum atomic E-state index is -3.71. The highest BCUT2D eigenvalue weighted by atomic mass is 35.5. The molecule has 1 unspecified atom stereocenters. The van der Waals surface area contributed by atoms with Crippen molar-refractivity contribution >= 4 is 39.0 Å². The van der Waals surface area contributed by atoms with Crippen molar-refractivity contribution in [3.05, 3.63) is 28.0 Å². The van der Waals surface area contributed by atoms with Gasteiger partial charge in [-0.05, 0) is 26.0 Å². The first-order chi connectivity index (χ1) is 12.0. The number of ether oxygens (including phenoxy) is 1. The van der Waals surface area contributed by atoms with E-state index in [0.717, 1.165) is 23.1 Å². The predicted molar refractivity (Wildman–Crippen MR) is 94.2 cm³/mol. The summed E-state index contributed by atoms with van der Waals surface area (Å²) in [5.41, 5.74) is -0.278. The van der Waals surface area contributed by atoms with Crippen LogP contribution in [0.1, 0.15) is 13.8 Å². The van der Waals surface area contributed by atoms with Gasteiger partial charge in [-0.3, -0.25) is 4.68 Å². The van der Waals surface area contributed by atoms with Crippen LogP contribution in [-0.2, 0) is 21.2 Å². The minimum Gasteiger partial charge on any atom is -0.479 e. The maximum atomic E-state index is 14.4. The van der Waals surface area contributed by atoms with E-state index >= 15 is 0 Å². The summed E-state index contributed by atoms with van der Waals surface area (Å²) in [7, 11) is -3.71. The van der Waals surface area contributed by atoms with Gasteiger partial charge in [0.2, 0.25) is 0 Å². The minimum absolute atomic E-state index is 0.0963. The molecular formula is C15H15Cl2FN2O5S. The number of aromatic nitrogens is 2. The molecule has 0 saturated carbocycles. The van der Waals surface area contributed by atoms with E-state index < -0.39 is 27.7 Å². The molecule has 0 fully saturated rings. The van der Waals surface area contributed by atoms with E-state index in [1.54, 1.807) is 6.92 Å². The fraction of sp³-hybridized carbons (Fsp3) is 0.333. The van der Waals surface area contributed by atoms with Gasteiger partial charge >= 0.3 is 5.97 Å². The molecule has 0 aliphatic carbocycles. The molecule has 0 radical (unpaired) electrons. The molecule has 0 amide bonds. The van der Waals surface area contributed by atoms with Crippen LogP contribution < -0.4 is 4.74 Å². The van der Waals surface area contributed by atoms with Gasteiger partial charge in [-0.25, -0.2) is 17.6 Å². The van der Waals surface area contributed by atoms with E-state index in [1.807, 2.05) is 0 Å². The van der Waals surface area contributed by atoms with Crippen LogP contribution in [0.2, 0.25) is 10.0 Å². The summed E-state index contributed by atoms with van der Waals surface area (Å²) in [6, 6.07) is 2.06. The Morgan fingerprint density at radius 3 is 2.50 bits per heavy atom.